The topological polar surface area (TPSA) is 83.9 Å². The zero-order valence-electron chi connectivity index (χ0n) is 16.6. The van der Waals surface area contributed by atoms with Crippen LogP contribution in [0.25, 0.3) is 33.2 Å². The summed E-state index contributed by atoms with van der Waals surface area (Å²) in [5.41, 5.74) is 3.17. The van der Waals surface area contributed by atoms with Gasteiger partial charge in [-0.2, -0.15) is 0 Å². The molecule has 0 atom stereocenters. The molecule has 0 aliphatic carbocycles. The van der Waals surface area contributed by atoms with E-state index in [1.807, 2.05) is 12.1 Å². The van der Waals surface area contributed by atoms with E-state index in [2.05, 4.69) is 62.9 Å². The number of hydrogen-bond acceptors (Lipinski definition) is 5. The zero-order chi connectivity index (χ0) is 19.9. The van der Waals surface area contributed by atoms with Crippen LogP contribution in [0.1, 0.15) is 6.42 Å². The molecule has 0 fully saturated rings. The average molecular weight is 434 g/mol. The third-order valence-corrected chi connectivity index (χ3v) is 5.62. The minimum absolute atomic E-state index is 0. The second kappa shape index (κ2) is 8.14. The van der Waals surface area contributed by atoms with Crippen LogP contribution in [0.2, 0.25) is 0 Å². The first-order chi connectivity index (χ1) is 13.3. The number of hydrogen-bond donors (Lipinski definition) is 1. The van der Waals surface area contributed by atoms with Gasteiger partial charge < -0.3 is 14.5 Å². The van der Waals surface area contributed by atoms with Gasteiger partial charge in [0.1, 0.15) is 5.65 Å². The Morgan fingerprint density at radius 2 is 1.93 bits per heavy atom. The maximum Gasteiger partial charge on any atom is 0.249 e. The molecule has 9 heteroatoms. The Morgan fingerprint density at radius 3 is 2.66 bits per heavy atom. The van der Waals surface area contributed by atoms with Gasteiger partial charge in [-0.25, -0.2) is 18.4 Å². The lowest BCUT2D eigenvalue weighted by molar-refractivity contribution is 0.388. The molecule has 0 amide bonds. The van der Waals surface area contributed by atoms with Crippen molar-refractivity contribution in [2.24, 2.45) is 0 Å². The molecule has 29 heavy (non-hydrogen) atoms. The summed E-state index contributed by atoms with van der Waals surface area (Å²) in [6.45, 7) is 1.99. The van der Waals surface area contributed by atoms with Crippen LogP contribution >= 0.6 is 12.4 Å². The van der Waals surface area contributed by atoms with E-state index >= 15 is 0 Å². The van der Waals surface area contributed by atoms with E-state index in [1.165, 1.54) is 0 Å². The van der Waals surface area contributed by atoms with Crippen LogP contribution in [0, 0.1) is 0 Å². The number of rotatable bonds is 6. The van der Waals surface area contributed by atoms with Gasteiger partial charge >= 0.3 is 0 Å². The van der Waals surface area contributed by atoms with Crippen molar-refractivity contribution in [3.05, 3.63) is 42.7 Å². The second-order valence-corrected chi connectivity index (χ2v) is 9.22. The normalized spacial score (nSPS) is 12.0. The SMILES string of the molecule is CN(C)CCCn1ccc2cc(-c3nc(S(C)(=O)=O)nc4[nH]ccc34)ccc21.Cl. The van der Waals surface area contributed by atoms with E-state index in [9.17, 15) is 8.42 Å². The number of nitrogens with zero attached hydrogens (tertiary/aromatic N) is 4. The summed E-state index contributed by atoms with van der Waals surface area (Å²) >= 11 is 0. The highest BCUT2D eigenvalue weighted by Gasteiger charge is 2.17. The second-order valence-electron chi connectivity index (χ2n) is 7.31. The van der Waals surface area contributed by atoms with Gasteiger partial charge in [0, 0.05) is 47.0 Å². The molecule has 1 N–H and O–H groups in total. The fourth-order valence-electron chi connectivity index (χ4n) is 3.41. The van der Waals surface area contributed by atoms with Crippen molar-refractivity contribution in [2.75, 3.05) is 26.9 Å². The van der Waals surface area contributed by atoms with Crippen LogP contribution in [0.15, 0.2) is 47.9 Å². The first kappa shape index (κ1) is 21.3. The molecule has 4 aromatic rings. The molecular formula is C20H24ClN5O2S. The quantitative estimate of drug-likeness (QED) is 0.471. The standard InChI is InChI=1S/C20H23N5O2S.ClH/c1-24(2)10-4-11-25-12-8-14-13-15(5-6-17(14)25)18-16-7-9-21-19(16)23-20(22-18)28(3,26)27;/h5-9,12-13H,4,10-11H2,1-3H3,(H,21,22,23);1H. The van der Waals surface area contributed by atoms with Crippen LogP contribution < -0.4 is 0 Å². The van der Waals surface area contributed by atoms with Crippen LogP contribution in [-0.4, -0.2) is 59.7 Å². The predicted molar refractivity (Wildman–Crippen MR) is 118 cm³/mol. The Bertz CT molecular complexity index is 1260. The third-order valence-electron chi connectivity index (χ3n) is 4.78. The number of aryl methyl sites for hydroxylation is 1. The van der Waals surface area contributed by atoms with Gasteiger partial charge in [-0.3, -0.25) is 0 Å². The summed E-state index contributed by atoms with van der Waals surface area (Å²) in [6, 6.07) is 10.1. The first-order valence-electron chi connectivity index (χ1n) is 9.12. The highest BCUT2D eigenvalue weighted by atomic mass is 35.5. The number of H-pyrrole nitrogens is 1. The van der Waals surface area contributed by atoms with Crippen molar-refractivity contribution in [2.45, 2.75) is 18.1 Å². The number of aromatic nitrogens is 4. The largest absolute Gasteiger partial charge is 0.347 e. The average Bonchev–Trinajstić information content (AvgIpc) is 3.26. The van der Waals surface area contributed by atoms with E-state index in [1.54, 1.807) is 6.20 Å². The van der Waals surface area contributed by atoms with E-state index in [4.69, 9.17) is 0 Å². The molecule has 3 heterocycles. The van der Waals surface area contributed by atoms with Crippen LogP contribution in [0.4, 0.5) is 0 Å². The molecule has 0 aliphatic rings. The van der Waals surface area contributed by atoms with Crippen molar-refractivity contribution in [1.82, 2.24) is 24.4 Å². The molecule has 0 bridgehead atoms. The molecule has 0 spiro atoms. The molecule has 0 aliphatic heterocycles. The Labute approximate surface area is 176 Å². The number of aromatic amines is 1. The molecule has 4 rings (SSSR count). The Kier molecular flexibility index (Phi) is 5.97. The highest BCUT2D eigenvalue weighted by molar-refractivity contribution is 7.90. The number of fused-ring (bicyclic) bond motifs is 2. The third kappa shape index (κ3) is 4.29. The first-order valence-corrected chi connectivity index (χ1v) is 11.0. The molecular weight excluding hydrogens is 410 g/mol. The van der Waals surface area contributed by atoms with Gasteiger partial charge in [0.05, 0.1) is 5.69 Å². The minimum Gasteiger partial charge on any atom is -0.347 e. The molecule has 154 valence electrons. The summed E-state index contributed by atoms with van der Waals surface area (Å²) in [5.74, 6) is 0. The van der Waals surface area contributed by atoms with Crippen molar-refractivity contribution in [1.29, 1.82) is 0 Å². The predicted octanol–water partition coefficient (Wildman–Crippen LogP) is 3.36. The number of halogens is 1. The van der Waals surface area contributed by atoms with Gasteiger partial charge in [-0.05, 0) is 51.3 Å². The highest BCUT2D eigenvalue weighted by Crippen LogP contribution is 2.29. The van der Waals surface area contributed by atoms with E-state index < -0.39 is 9.84 Å². The van der Waals surface area contributed by atoms with Gasteiger partial charge in [0.2, 0.25) is 15.0 Å². The summed E-state index contributed by atoms with van der Waals surface area (Å²) < 4.78 is 26.2. The summed E-state index contributed by atoms with van der Waals surface area (Å²) in [6.07, 6.45) is 6.04. The number of sulfone groups is 1. The van der Waals surface area contributed by atoms with E-state index in [-0.39, 0.29) is 17.6 Å². The summed E-state index contributed by atoms with van der Waals surface area (Å²) in [7, 11) is 0.647. The number of benzene rings is 1. The minimum atomic E-state index is -3.51. The van der Waals surface area contributed by atoms with Gasteiger partial charge in [-0.15, -0.1) is 12.4 Å². The van der Waals surface area contributed by atoms with Crippen molar-refractivity contribution < 1.29 is 8.42 Å². The molecule has 1 aromatic carbocycles. The lowest BCUT2D eigenvalue weighted by atomic mass is 10.1. The Morgan fingerprint density at radius 1 is 1.14 bits per heavy atom. The Hall–Kier alpha value is -2.42. The van der Waals surface area contributed by atoms with Gasteiger partial charge in [0.25, 0.3) is 0 Å². The molecule has 0 saturated heterocycles. The molecule has 0 saturated carbocycles. The lowest BCUT2D eigenvalue weighted by Gasteiger charge is -2.11. The monoisotopic (exact) mass is 433 g/mol. The van der Waals surface area contributed by atoms with Crippen LogP contribution in [0.3, 0.4) is 0 Å². The Balaban J connectivity index is 0.00000240. The van der Waals surface area contributed by atoms with E-state index in [0.717, 1.165) is 47.6 Å². The molecule has 0 unspecified atom stereocenters. The van der Waals surface area contributed by atoms with E-state index in [0.29, 0.717) is 11.3 Å². The van der Waals surface area contributed by atoms with Crippen LogP contribution in [0.5, 0.6) is 0 Å². The lowest BCUT2D eigenvalue weighted by Crippen LogP contribution is -2.14. The number of nitrogens with one attached hydrogen (secondary N) is 1. The van der Waals surface area contributed by atoms with Gasteiger partial charge in [-0.1, -0.05) is 6.07 Å². The van der Waals surface area contributed by atoms with Crippen molar-refractivity contribution >= 4 is 44.2 Å². The molecule has 3 aromatic heterocycles. The van der Waals surface area contributed by atoms with Crippen molar-refractivity contribution in [3.8, 4) is 11.3 Å². The summed E-state index contributed by atoms with van der Waals surface area (Å²) in [4.78, 5) is 13.7. The van der Waals surface area contributed by atoms with Crippen LogP contribution in [-0.2, 0) is 16.4 Å². The maximum absolute atomic E-state index is 12.0. The zero-order valence-corrected chi connectivity index (χ0v) is 18.2. The summed E-state index contributed by atoms with van der Waals surface area (Å²) in [5, 5.41) is 1.74. The smallest absolute Gasteiger partial charge is 0.249 e. The molecule has 7 nitrogen and oxygen atoms in total. The fraction of sp³-hybridized carbons (Fsp3) is 0.300. The maximum atomic E-state index is 12.0. The van der Waals surface area contributed by atoms with Crippen molar-refractivity contribution in [3.63, 3.8) is 0 Å². The fourth-order valence-corrected chi connectivity index (χ4v) is 3.92. The van der Waals surface area contributed by atoms with Gasteiger partial charge in [0.15, 0.2) is 0 Å². The molecule has 0 radical (unpaired) electrons.